The Kier molecular flexibility index (Phi) is 4.90. The van der Waals surface area contributed by atoms with Crippen LogP contribution in [0.4, 0.5) is 4.39 Å². The molecule has 0 aliphatic carbocycles. The molecule has 0 amide bonds. The first-order valence-electron chi connectivity index (χ1n) is 6.44. The van der Waals surface area contributed by atoms with E-state index in [2.05, 4.69) is 15.2 Å². The van der Waals surface area contributed by atoms with Crippen molar-refractivity contribution in [3.05, 3.63) is 23.6 Å². The number of halogens is 1. The average Bonchev–Trinajstić information content (AvgIpc) is 2.85. The van der Waals surface area contributed by atoms with Crippen LogP contribution in [0.3, 0.4) is 0 Å². The zero-order valence-corrected chi connectivity index (χ0v) is 10.8. The highest BCUT2D eigenvalue weighted by molar-refractivity contribution is 5.26. The molecule has 1 saturated heterocycles. The van der Waals surface area contributed by atoms with Crippen molar-refractivity contribution in [1.29, 1.82) is 0 Å². The molecule has 0 atom stereocenters. The fourth-order valence-corrected chi connectivity index (χ4v) is 2.19. The summed E-state index contributed by atoms with van der Waals surface area (Å²) in [5.41, 5.74) is 0.763. The predicted octanol–water partition coefficient (Wildman–Crippen LogP) is 1.41. The Morgan fingerprint density at radius 1 is 1.44 bits per heavy atom. The van der Waals surface area contributed by atoms with Crippen LogP contribution in [0.2, 0.25) is 0 Å². The Balaban J connectivity index is 1.87. The van der Waals surface area contributed by atoms with Crippen LogP contribution in [-0.2, 0) is 6.54 Å². The molecular formula is C13H20FN3O. The number of hydrogen-bond donors (Lipinski definition) is 1. The van der Waals surface area contributed by atoms with Crippen molar-refractivity contribution in [2.24, 2.45) is 0 Å². The van der Waals surface area contributed by atoms with Gasteiger partial charge in [0.25, 0.3) is 0 Å². The molecule has 1 aromatic heterocycles. The molecule has 0 aromatic carbocycles. The maximum atomic E-state index is 13.1. The summed E-state index contributed by atoms with van der Waals surface area (Å²) < 4.78 is 18.7. The lowest BCUT2D eigenvalue weighted by molar-refractivity contribution is 0.229. The molecule has 1 N–H and O–H groups in total. The Bertz CT molecular complexity index is 380. The van der Waals surface area contributed by atoms with E-state index >= 15 is 0 Å². The Hall–Kier alpha value is -1.20. The van der Waals surface area contributed by atoms with Gasteiger partial charge in [-0.15, -0.1) is 0 Å². The van der Waals surface area contributed by atoms with Crippen LogP contribution in [0.25, 0.3) is 0 Å². The number of pyridine rings is 1. The van der Waals surface area contributed by atoms with E-state index < -0.39 is 0 Å². The molecule has 18 heavy (non-hydrogen) atoms. The fourth-order valence-electron chi connectivity index (χ4n) is 2.19. The minimum Gasteiger partial charge on any atom is -0.476 e. The predicted molar refractivity (Wildman–Crippen MR) is 68.1 cm³/mol. The van der Waals surface area contributed by atoms with E-state index in [1.165, 1.54) is 25.1 Å². The van der Waals surface area contributed by atoms with Gasteiger partial charge in [0, 0.05) is 18.7 Å². The molecular weight excluding hydrogens is 233 g/mol. The molecule has 1 aliphatic rings. The summed E-state index contributed by atoms with van der Waals surface area (Å²) in [6.07, 6.45) is 3.75. The van der Waals surface area contributed by atoms with Gasteiger partial charge < -0.3 is 10.1 Å². The molecule has 1 fully saturated rings. The second kappa shape index (κ2) is 6.66. The first kappa shape index (κ1) is 13.2. The van der Waals surface area contributed by atoms with Crippen LogP contribution in [0.1, 0.15) is 18.4 Å². The maximum Gasteiger partial charge on any atom is 0.218 e. The molecule has 0 saturated carbocycles. The third-order valence-corrected chi connectivity index (χ3v) is 3.10. The van der Waals surface area contributed by atoms with Gasteiger partial charge in [-0.3, -0.25) is 4.90 Å². The molecule has 100 valence electrons. The Morgan fingerprint density at radius 2 is 2.22 bits per heavy atom. The van der Waals surface area contributed by atoms with E-state index in [1.54, 1.807) is 0 Å². The molecule has 0 radical (unpaired) electrons. The minimum atomic E-state index is -0.327. The molecule has 4 nitrogen and oxygen atoms in total. The quantitative estimate of drug-likeness (QED) is 0.832. The highest BCUT2D eigenvalue weighted by Gasteiger charge is 2.12. The zero-order valence-electron chi connectivity index (χ0n) is 10.8. The van der Waals surface area contributed by atoms with Crippen molar-refractivity contribution in [3.63, 3.8) is 0 Å². The molecule has 0 unspecified atom stereocenters. The van der Waals surface area contributed by atoms with Crippen molar-refractivity contribution in [2.75, 3.05) is 33.3 Å². The minimum absolute atomic E-state index is 0.327. The van der Waals surface area contributed by atoms with Crippen molar-refractivity contribution in [3.8, 4) is 5.88 Å². The normalized spacial score (nSPS) is 16.1. The molecule has 1 aromatic rings. The number of hydrogen-bond acceptors (Lipinski definition) is 4. The monoisotopic (exact) mass is 253 g/mol. The number of nitrogens with one attached hydrogen (secondary N) is 1. The van der Waals surface area contributed by atoms with Gasteiger partial charge >= 0.3 is 0 Å². The first-order valence-corrected chi connectivity index (χ1v) is 6.44. The van der Waals surface area contributed by atoms with Crippen molar-refractivity contribution < 1.29 is 9.13 Å². The van der Waals surface area contributed by atoms with Crippen LogP contribution in [0, 0.1) is 5.82 Å². The summed E-state index contributed by atoms with van der Waals surface area (Å²) in [6, 6.07) is 1.47. The lowest BCUT2D eigenvalue weighted by Gasteiger charge is -2.15. The topological polar surface area (TPSA) is 37.4 Å². The van der Waals surface area contributed by atoms with Gasteiger partial charge in [0.05, 0.1) is 6.20 Å². The summed E-state index contributed by atoms with van der Waals surface area (Å²) in [7, 11) is 1.82. The number of rotatable bonds is 6. The van der Waals surface area contributed by atoms with E-state index in [0.717, 1.165) is 25.2 Å². The smallest absolute Gasteiger partial charge is 0.218 e. The SMILES string of the molecule is CNCc1cc(F)cnc1OCCN1CCCC1. The highest BCUT2D eigenvalue weighted by atomic mass is 19.1. The van der Waals surface area contributed by atoms with E-state index in [0.29, 0.717) is 19.0 Å². The van der Waals surface area contributed by atoms with Gasteiger partial charge in [-0.25, -0.2) is 9.37 Å². The molecule has 5 heteroatoms. The van der Waals surface area contributed by atoms with Crippen LogP contribution < -0.4 is 10.1 Å². The van der Waals surface area contributed by atoms with Crippen LogP contribution in [-0.4, -0.2) is 43.2 Å². The summed E-state index contributed by atoms with van der Waals surface area (Å²) in [5, 5.41) is 2.99. The van der Waals surface area contributed by atoms with Gasteiger partial charge in [0.1, 0.15) is 12.4 Å². The summed E-state index contributed by atoms with van der Waals surface area (Å²) >= 11 is 0. The van der Waals surface area contributed by atoms with Crippen molar-refractivity contribution >= 4 is 0 Å². The second-order valence-corrected chi connectivity index (χ2v) is 4.55. The average molecular weight is 253 g/mol. The molecule has 0 bridgehead atoms. The fraction of sp³-hybridized carbons (Fsp3) is 0.615. The van der Waals surface area contributed by atoms with Gasteiger partial charge in [0.2, 0.25) is 5.88 Å². The Morgan fingerprint density at radius 3 is 2.94 bits per heavy atom. The first-order chi connectivity index (χ1) is 8.79. The van der Waals surface area contributed by atoms with Gasteiger partial charge in [-0.05, 0) is 39.0 Å². The van der Waals surface area contributed by atoms with Gasteiger partial charge in [-0.1, -0.05) is 0 Å². The van der Waals surface area contributed by atoms with Crippen molar-refractivity contribution in [1.82, 2.24) is 15.2 Å². The number of nitrogens with zero attached hydrogens (tertiary/aromatic N) is 2. The van der Waals surface area contributed by atoms with E-state index in [9.17, 15) is 4.39 Å². The van der Waals surface area contributed by atoms with E-state index in [-0.39, 0.29) is 5.82 Å². The van der Waals surface area contributed by atoms with E-state index in [4.69, 9.17) is 4.74 Å². The maximum absolute atomic E-state index is 13.1. The van der Waals surface area contributed by atoms with Crippen LogP contribution in [0.5, 0.6) is 5.88 Å². The number of aromatic nitrogens is 1. The van der Waals surface area contributed by atoms with Gasteiger partial charge in [-0.2, -0.15) is 0 Å². The van der Waals surface area contributed by atoms with Crippen LogP contribution in [0.15, 0.2) is 12.3 Å². The zero-order chi connectivity index (χ0) is 12.8. The summed E-state index contributed by atoms with van der Waals surface area (Å²) in [5.74, 6) is 0.206. The lowest BCUT2D eigenvalue weighted by Crippen LogP contribution is -2.25. The summed E-state index contributed by atoms with van der Waals surface area (Å²) in [4.78, 5) is 6.38. The number of likely N-dealkylation sites (tertiary alicyclic amines) is 1. The van der Waals surface area contributed by atoms with E-state index in [1.807, 2.05) is 7.05 Å². The number of ether oxygens (including phenoxy) is 1. The Labute approximate surface area is 107 Å². The molecule has 0 spiro atoms. The molecule has 1 aliphatic heterocycles. The standard InChI is InChI=1S/C13H20FN3O/c1-15-9-11-8-12(14)10-16-13(11)18-7-6-17-4-2-3-5-17/h8,10,15H,2-7,9H2,1H3. The highest BCUT2D eigenvalue weighted by Crippen LogP contribution is 2.16. The molecule has 2 heterocycles. The van der Waals surface area contributed by atoms with Gasteiger partial charge in [0.15, 0.2) is 0 Å². The van der Waals surface area contributed by atoms with Crippen LogP contribution >= 0.6 is 0 Å². The largest absolute Gasteiger partial charge is 0.476 e. The summed E-state index contributed by atoms with van der Waals surface area (Å²) in [6.45, 7) is 4.39. The lowest BCUT2D eigenvalue weighted by atomic mass is 10.2. The third-order valence-electron chi connectivity index (χ3n) is 3.10. The second-order valence-electron chi connectivity index (χ2n) is 4.55. The van der Waals surface area contributed by atoms with Crippen molar-refractivity contribution in [2.45, 2.75) is 19.4 Å². The molecule has 2 rings (SSSR count). The third kappa shape index (κ3) is 3.65.